The second kappa shape index (κ2) is 8.15. The third kappa shape index (κ3) is 3.13. The van der Waals surface area contributed by atoms with Gasteiger partial charge < -0.3 is 14.1 Å². The molecule has 0 spiro atoms. The van der Waals surface area contributed by atoms with Crippen LogP contribution in [0.3, 0.4) is 0 Å². The van der Waals surface area contributed by atoms with Crippen molar-refractivity contribution >= 4 is 0 Å². The molecule has 0 radical (unpaired) electrons. The number of fused-ring (bicyclic) bond motifs is 5. The van der Waals surface area contributed by atoms with E-state index in [1.165, 1.54) is 95.7 Å². The van der Waals surface area contributed by atoms with Crippen LogP contribution >= 0.6 is 0 Å². The van der Waals surface area contributed by atoms with Crippen LogP contribution in [0, 0.1) is 34.5 Å². The Bertz CT molecular complexity index is 785. The zero-order valence-corrected chi connectivity index (χ0v) is 20.6. The third-order valence-electron chi connectivity index (χ3n) is 11.6. The molecule has 1 saturated heterocycles. The Labute approximate surface area is 195 Å². The highest BCUT2D eigenvalue weighted by Gasteiger charge is 2.66. The fourth-order valence-electron chi connectivity index (χ4n) is 9.94. The molecule has 4 aliphatic carbocycles. The van der Waals surface area contributed by atoms with E-state index >= 15 is 0 Å². The Hall–Kier alpha value is -0.800. The number of hydrogen-bond donors (Lipinski definition) is 0. The molecule has 7 atom stereocenters. The van der Waals surface area contributed by atoms with Crippen LogP contribution in [0.1, 0.15) is 96.5 Å². The van der Waals surface area contributed by atoms with Crippen LogP contribution in [0.25, 0.3) is 0 Å². The molecule has 5 fully saturated rings. The molecule has 4 saturated carbocycles. The van der Waals surface area contributed by atoms with Gasteiger partial charge in [-0.3, -0.25) is 0 Å². The Balaban J connectivity index is 1.27. The van der Waals surface area contributed by atoms with Crippen molar-refractivity contribution in [3.8, 4) is 0 Å². The van der Waals surface area contributed by atoms with Gasteiger partial charge in [-0.2, -0.15) is 0 Å². The van der Waals surface area contributed by atoms with E-state index in [0.717, 1.165) is 36.8 Å². The average Bonchev–Trinajstić information content (AvgIpc) is 3.55. The topological polar surface area (TPSA) is 25.6 Å². The fourth-order valence-corrected chi connectivity index (χ4v) is 9.94. The molecule has 3 heteroatoms. The first kappa shape index (κ1) is 21.7. The van der Waals surface area contributed by atoms with Gasteiger partial charge in [0.25, 0.3) is 0 Å². The summed E-state index contributed by atoms with van der Waals surface area (Å²) in [4.78, 5) is 2.60. The van der Waals surface area contributed by atoms with Crippen molar-refractivity contribution in [2.24, 2.45) is 34.5 Å². The first-order chi connectivity index (χ1) is 15.6. The highest BCUT2D eigenvalue weighted by atomic mass is 16.5. The van der Waals surface area contributed by atoms with Gasteiger partial charge in [-0.1, -0.05) is 26.7 Å². The van der Waals surface area contributed by atoms with Crippen LogP contribution in [0.5, 0.6) is 0 Å². The lowest BCUT2D eigenvalue weighted by atomic mass is 9.44. The molecule has 2 heterocycles. The van der Waals surface area contributed by atoms with Crippen molar-refractivity contribution in [1.29, 1.82) is 0 Å². The molecule has 0 aromatic carbocycles. The Morgan fingerprint density at radius 1 is 0.938 bits per heavy atom. The second-order valence-electron chi connectivity index (χ2n) is 12.6. The van der Waals surface area contributed by atoms with E-state index in [-0.39, 0.29) is 11.0 Å². The monoisotopic (exact) mass is 439 g/mol. The SMILES string of the molecule is C[C@]12CCCC[C@H]1CC[C@@H]1[C@@H]2CC[C@@]2(C)[C@H]1CC[C@]2(OCCN1CCCC1)c1ccoc1. The first-order valence-electron chi connectivity index (χ1n) is 14.0. The van der Waals surface area contributed by atoms with Crippen molar-refractivity contribution < 1.29 is 9.15 Å². The van der Waals surface area contributed by atoms with Gasteiger partial charge in [0.15, 0.2) is 0 Å². The zero-order chi connectivity index (χ0) is 21.8. The molecule has 5 aliphatic rings. The second-order valence-corrected chi connectivity index (χ2v) is 12.6. The Morgan fingerprint density at radius 3 is 2.59 bits per heavy atom. The van der Waals surface area contributed by atoms with E-state index in [1.807, 2.05) is 12.5 Å². The van der Waals surface area contributed by atoms with Crippen LogP contribution in [0.15, 0.2) is 23.0 Å². The van der Waals surface area contributed by atoms with Crippen molar-refractivity contribution in [3.05, 3.63) is 24.2 Å². The standard InChI is InChI=1S/C29H45NO2/c1-27-13-4-3-7-22(27)8-9-24-25(27)10-14-28(2)26(24)11-15-29(28,23-12-19-31-21-23)32-20-18-30-16-5-6-17-30/h12,19,21-22,24-26H,3-11,13-18,20H2,1-2H3/t22-,24+,25-,26-,27-,28-,29-/m0/s1. The van der Waals surface area contributed by atoms with E-state index in [1.54, 1.807) is 0 Å². The molecule has 32 heavy (non-hydrogen) atoms. The quantitative estimate of drug-likeness (QED) is 0.493. The molecule has 0 amide bonds. The molecule has 1 aromatic heterocycles. The summed E-state index contributed by atoms with van der Waals surface area (Å²) < 4.78 is 12.7. The van der Waals surface area contributed by atoms with Gasteiger partial charge in [0.2, 0.25) is 0 Å². The maximum absolute atomic E-state index is 7.08. The van der Waals surface area contributed by atoms with Gasteiger partial charge in [-0.25, -0.2) is 0 Å². The molecule has 1 aliphatic heterocycles. The minimum Gasteiger partial charge on any atom is -0.472 e. The van der Waals surface area contributed by atoms with Gasteiger partial charge in [-0.15, -0.1) is 0 Å². The van der Waals surface area contributed by atoms with Gasteiger partial charge in [0.05, 0.1) is 19.1 Å². The third-order valence-corrected chi connectivity index (χ3v) is 11.6. The first-order valence-corrected chi connectivity index (χ1v) is 14.0. The average molecular weight is 440 g/mol. The summed E-state index contributed by atoms with van der Waals surface area (Å²) in [6.45, 7) is 9.77. The zero-order valence-electron chi connectivity index (χ0n) is 20.6. The number of hydrogen-bond acceptors (Lipinski definition) is 3. The van der Waals surface area contributed by atoms with E-state index < -0.39 is 0 Å². The van der Waals surface area contributed by atoms with Gasteiger partial charge >= 0.3 is 0 Å². The summed E-state index contributed by atoms with van der Waals surface area (Å²) >= 11 is 0. The van der Waals surface area contributed by atoms with Crippen molar-refractivity contribution in [3.63, 3.8) is 0 Å². The largest absolute Gasteiger partial charge is 0.472 e. The molecular weight excluding hydrogens is 394 g/mol. The van der Waals surface area contributed by atoms with E-state index in [0.29, 0.717) is 5.41 Å². The molecule has 0 unspecified atom stereocenters. The number of furan rings is 1. The number of nitrogens with zero attached hydrogens (tertiary/aromatic N) is 1. The van der Waals surface area contributed by atoms with Gasteiger partial charge in [0, 0.05) is 17.5 Å². The van der Waals surface area contributed by atoms with Gasteiger partial charge in [0.1, 0.15) is 5.60 Å². The minimum absolute atomic E-state index is 0.153. The number of ether oxygens (including phenoxy) is 1. The summed E-state index contributed by atoms with van der Waals surface area (Å²) in [6, 6.07) is 2.22. The maximum Gasteiger partial charge on any atom is 0.102 e. The molecule has 1 aromatic rings. The number of likely N-dealkylation sites (tertiary alicyclic amines) is 1. The molecule has 3 nitrogen and oxygen atoms in total. The molecule has 0 N–H and O–H groups in total. The highest BCUT2D eigenvalue weighted by Crippen LogP contribution is 2.71. The summed E-state index contributed by atoms with van der Waals surface area (Å²) in [5, 5.41) is 0. The predicted octanol–water partition coefficient (Wildman–Crippen LogP) is 7.02. The highest BCUT2D eigenvalue weighted by molar-refractivity contribution is 5.27. The fraction of sp³-hybridized carbons (Fsp3) is 0.862. The Morgan fingerprint density at radius 2 is 1.78 bits per heavy atom. The van der Waals surface area contributed by atoms with Crippen LogP contribution in [0.2, 0.25) is 0 Å². The van der Waals surface area contributed by atoms with Crippen LogP contribution in [-0.2, 0) is 10.3 Å². The smallest absolute Gasteiger partial charge is 0.102 e. The lowest BCUT2D eigenvalue weighted by Gasteiger charge is -2.61. The normalized spacial score (nSPS) is 46.6. The van der Waals surface area contributed by atoms with E-state index in [2.05, 4.69) is 24.8 Å². The summed E-state index contributed by atoms with van der Waals surface area (Å²) in [5.74, 6) is 3.66. The van der Waals surface area contributed by atoms with Crippen molar-refractivity contribution in [2.45, 2.75) is 96.5 Å². The Kier molecular flexibility index (Phi) is 5.53. The van der Waals surface area contributed by atoms with Crippen LogP contribution in [0.4, 0.5) is 0 Å². The van der Waals surface area contributed by atoms with Crippen LogP contribution in [-0.4, -0.2) is 31.1 Å². The van der Waals surface area contributed by atoms with E-state index in [4.69, 9.17) is 9.15 Å². The van der Waals surface area contributed by atoms with Gasteiger partial charge in [-0.05, 0) is 112 Å². The molecular formula is C29H45NO2. The maximum atomic E-state index is 7.08. The van der Waals surface area contributed by atoms with E-state index in [9.17, 15) is 0 Å². The molecule has 0 bridgehead atoms. The predicted molar refractivity (Wildman–Crippen MR) is 128 cm³/mol. The summed E-state index contributed by atoms with van der Waals surface area (Å²) in [7, 11) is 0. The molecule has 6 rings (SSSR count). The minimum atomic E-state index is -0.153. The lowest BCUT2D eigenvalue weighted by molar-refractivity contribution is -0.179. The lowest BCUT2D eigenvalue weighted by Crippen LogP contribution is -2.56. The van der Waals surface area contributed by atoms with Crippen molar-refractivity contribution in [1.82, 2.24) is 4.90 Å². The molecule has 178 valence electrons. The van der Waals surface area contributed by atoms with Crippen molar-refractivity contribution in [2.75, 3.05) is 26.2 Å². The summed E-state index contributed by atoms with van der Waals surface area (Å²) in [5.41, 5.74) is 2.01. The van der Waals surface area contributed by atoms with Crippen LogP contribution < -0.4 is 0 Å². The number of rotatable bonds is 5. The summed E-state index contributed by atoms with van der Waals surface area (Å²) in [6.07, 6.45) is 20.8.